The number of hydrogen-bond acceptors (Lipinski definition) is 2. The first-order chi connectivity index (χ1) is 7.42. The van der Waals surface area contributed by atoms with Gasteiger partial charge in [-0.15, -0.1) is 5.26 Å². The van der Waals surface area contributed by atoms with Crippen molar-refractivity contribution in [3.8, 4) is 23.1 Å². The summed E-state index contributed by atoms with van der Waals surface area (Å²) in [5.41, 5.74) is 1.89. The molecule has 2 heteroatoms. The molecule has 2 rings (SSSR count). The average Bonchev–Trinajstić information content (AvgIpc) is 2.31. The Labute approximate surface area is 88.4 Å². The van der Waals surface area contributed by atoms with Crippen molar-refractivity contribution in [2.45, 2.75) is 0 Å². The molecule has 1 radical (unpaired) electrons. The number of ether oxygens (including phenoxy) is 1. The summed E-state index contributed by atoms with van der Waals surface area (Å²) in [6.45, 7) is 0. The maximum atomic E-state index is 8.51. The molecule has 0 saturated heterocycles. The van der Waals surface area contributed by atoms with Gasteiger partial charge < -0.3 is 4.74 Å². The molecule has 0 aromatic heterocycles. The van der Waals surface area contributed by atoms with E-state index in [1.165, 1.54) is 0 Å². The predicted molar refractivity (Wildman–Crippen MR) is 57.0 cm³/mol. The van der Waals surface area contributed by atoms with Gasteiger partial charge in [-0.05, 0) is 23.8 Å². The first kappa shape index (κ1) is 9.29. The van der Waals surface area contributed by atoms with E-state index >= 15 is 0 Å². The lowest BCUT2D eigenvalue weighted by molar-refractivity contribution is 0.509. The van der Waals surface area contributed by atoms with Crippen LogP contribution in [0, 0.1) is 17.6 Å². The molecule has 2 nitrogen and oxygen atoms in total. The van der Waals surface area contributed by atoms with Gasteiger partial charge in [-0.2, -0.15) is 0 Å². The molecule has 0 fully saturated rings. The van der Waals surface area contributed by atoms with Crippen molar-refractivity contribution in [2.75, 3.05) is 0 Å². The lowest BCUT2D eigenvalue weighted by Gasteiger charge is -2.05. The van der Waals surface area contributed by atoms with E-state index in [1.807, 2.05) is 36.4 Å². The van der Waals surface area contributed by atoms with Crippen LogP contribution in [0.15, 0.2) is 48.5 Å². The van der Waals surface area contributed by atoms with E-state index in [1.54, 1.807) is 18.4 Å². The second-order valence-corrected chi connectivity index (χ2v) is 2.98. The van der Waals surface area contributed by atoms with Gasteiger partial charge in [0, 0.05) is 5.56 Å². The van der Waals surface area contributed by atoms with Gasteiger partial charge in [-0.1, -0.05) is 36.4 Å². The van der Waals surface area contributed by atoms with Crippen LogP contribution in [-0.2, 0) is 0 Å². The number of hydrogen-bond donors (Lipinski definition) is 0. The molecule has 0 saturated carbocycles. The van der Waals surface area contributed by atoms with Crippen LogP contribution in [0.4, 0.5) is 0 Å². The molecule has 0 amide bonds. The topological polar surface area (TPSA) is 33.0 Å². The van der Waals surface area contributed by atoms with Crippen LogP contribution < -0.4 is 4.74 Å². The highest BCUT2D eigenvalue weighted by atomic mass is 16.5. The van der Waals surface area contributed by atoms with Gasteiger partial charge in [0.05, 0.1) is 0 Å². The smallest absolute Gasteiger partial charge is 0.292 e. The Morgan fingerprint density at radius 2 is 1.93 bits per heavy atom. The fourth-order valence-electron chi connectivity index (χ4n) is 1.40. The molecule has 0 heterocycles. The summed E-state index contributed by atoms with van der Waals surface area (Å²) in [5.74, 6) is 0.558. The highest BCUT2D eigenvalue weighted by Gasteiger charge is 2.04. The molecule has 0 aliphatic carbocycles. The quantitative estimate of drug-likeness (QED) is 0.688. The summed E-state index contributed by atoms with van der Waals surface area (Å²) < 4.78 is 4.88. The Hall–Kier alpha value is -2.27. The Balaban J connectivity index is 2.49. The van der Waals surface area contributed by atoms with Crippen LogP contribution in [0.3, 0.4) is 0 Å². The third-order valence-corrected chi connectivity index (χ3v) is 2.06. The van der Waals surface area contributed by atoms with Gasteiger partial charge >= 0.3 is 0 Å². The molecule has 0 atom stereocenters. The summed E-state index contributed by atoms with van der Waals surface area (Å²) in [7, 11) is 0. The number of nitrogens with zero attached hydrogens (tertiary/aromatic N) is 1. The molecule has 71 valence electrons. The number of nitriles is 1. The van der Waals surface area contributed by atoms with Gasteiger partial charge in [0.2, 0.25) is 0 Å². The molecule has 15 heavy (non-hydrogen) atoms. The van der Waals surface area contributed by atoms with Crippen molar-refractivity contribution >= 4 is 0 Å². The second kappa shape index (κ2) is 4.30. The van der Waals surface area contributed by atoms with E-state index < -0.39 is 0 Å². The van der Waals surface area contributed by atoms with Crippen LogP contribution in [0.2, 0.25) is 0 Å². The zero-order chi connectivity index (χ0) is 10.5. The summed E-state index contributed by atoms with van der Waals surface area (Å²) in [5, 5.41) is 8.51. The molecule has 0 N–H and O–H groups in total. The normalized spacial score (nSPS) is 9.27. The SMILES string of the molecule is N#COc1cc[c]cc1-c1ccccc1. The van der Waals surface area contributed by atoms with E-state index in [2.05, 4.69) is 6.07 Å². The molecule has 0 unspecified atom stereocenters. The van der Waals surface area contributed by atoms with Gasteiger partial charge in [-0.25, -0.2) is 0 Å². The Kier molecular flexibility index (Phi) is 2.66. The summed E-state index contributed by atoms with van der Waals surface area (Å²) in [4.78, 5) is 0. The minimum atomic E-state index is 0.558. The zero-order valence-corrected chi connectivity index (χ0v) is 7.97. The standard InChI is InChI=1S/C13H8NO/c14-10-15-13-9-5-4-8-12(13)11-6-2-1-3-7-11/h1-3,5-9H. The van der Waals surface area contributed by atoms with Gasteiger partial charge in [0.15, 0.2) is 0 Å². The number of benzene rings is 2. The van der Waals surface area contributed by atoms with Crippen molar-refractivity contribution in [1.29, 1.82) is 5.26 Å². The maximum absolute atomic E-state index is 8.51. The van der Waals surface area contributed by atoms with Crippen LogP contribution in [0.5, 0.6) is 5.75 Å². The van der Waals surface area contributed by atoms with Crippen LogP contribution in [-0.4, -0.2) is 0 Å². The monoisotopic (exact) mass is 194 g/mol. The first-order valence-corrected chi connectivity index (χ1v) is 4.53. The average molecular weight is 194 g/mol. The fourth-order valence-corrected chi connectivity index (χ4v) is 1.40. The van der Waals surface area contributed by atoms with E-state index in [0.717, 1.165) is 11.1 Å². The molecule has 0 aliphatic heterocycles. The van der Waals surface area contributed by atoms with Gasteiger partial charge in [0.25, 0.3) is 6.26 Å². The zero-order valence-electron chi connectivity index (χ0n) is 7.97. The van der Waals surface area contributed by atoms with Crippen LogP contribution >= 0.6 is 0 Å². The summed E-state index contributed by atoms with van der Waals surface area (Å²) >= 11 is 0. The predicted octanol–water partition coefficient (Wildman–Crippen LogP) is 3.01. The lowest BCUT2D eigenvalue weighted by atomic mass is 10.1. The van der Waals surface area contributed by atoms with Crippen molar-refractivity contribution in [3.63, 3.8) is 0 Å². The van der Waals surface area contributed by atoms with Crippen molar-refractivity contribution in [3.05, 3.63) is 54.6 Å². The Morgan fingerprint density at radius 3 is 2.67 bits per heavy atom. The first-order valence-electron chi connectivity index (χ1n) is 4.53. The highest BCUT2D eigenvalue weighted by molar-refractivity contribution is 5.70. The van der Waals surface area contributed by atoms with E-state index in [9.17, 15) is 0 Å². The van der Waals surface area contributed by atoms with Crippen molar-refractivity contribution < 1.29 is 4.74 Å². The lowest BCUT2D eigenvalue weighted by Crippen LogP contribution is -1.86. The van der Waals surface area contributed by atoms with Crippen molar-refractivity contribution in [1.82, 2.24) is 0 Å². The van der Waals surface area contributed by atoms with E-state index in [4.69, 9.17) is 10.00 Å². The molecule has 0 bridgehead atoms. The van der Waals surface area contributed by atoms with Crippen LogP contribution in [0.25, 0.3) is 11.1 Å². The minimum absolute atomic E-state index is 0.558. The van der Waals surface area contributed by atoms with E-state index in [0.29, 0.717) is 5.75 Å². The van der Waals surface area contributed by atoms with E-state index in [-0.39, 0.29) is 0 Å². The van der Waals surface area contributed by atoms with Gasteiger partial charge in [0.1, 0.15) is 5.75 Å². The van der Waals surface area contributed by atoms with Crippen molar-refractivity contribution in [2.24, 2.45) is 0 Å². The Morgan fingerprint density at radius 1 is 1.13 bits per heavy atom. The minimum Gasteiger partial charge on any atom is -0.387 e. The molecular formula is C13H8NO. The largest absolute Gasteiger partial charge is 0.387 e. The Bertz CT molecular complexity index is 485. The third kappa shape index (κ3) is 1.97. The summed E-state index contributed by atoms with van der Waals surface area (Å²) in [6, 6.07) is 18.0. The molecule has 0 aliphatic rings. The second-order valence-electron chi connectivity index (χ2n) is 2.98. The fraction of sp³-hybridized carbons (Fsp3) is 0. The highest BCUT2D eigenvalue weighted by Crippen LogP contribution is 2.28. The maximum Gasteiger partial charge on any atom is 0.292 e. The molecule has 2 aromatic rings. The third-order valence-electron chi connectivity index (χ3n) is 2.06. The molecule has 0 spiro atoms. The molecule has 2 aromatic carbocycles. The number of rotatable bonds is 2. The molecular weight excluding hydrogens is 186 g/mol. The van der Waals surface area contributed by atoms with Crippen LogP contribution in [0.1, 0.15) is 0 Å². The van der Waals surface area contributed by atoms with Gasteiger partial charge in [-0.3, -0.25) is 0 Å². The summed E-state index contributed by atoms with van der Waals surface area (Å²) in [6.07, 6.45) is 1.68.